The first-order valence-electron chi connectivity index (χ1n) is 7.30. The fourth-order valence-corrected chi connectivity index (χ4v) is 2.47. The van der Waals surface area contributed by atoms with E-state index in [4.69, 9.17) is 0 Å². The third-order valence-corrected chi connectivity index (χ3v) is 3.77. The predicted molar refractivity (Wildman–Crippen MR) is 86.1 cm³/mol. The Morgan fingerprint density at radius 2 is 1.90 bits per heavy atom. The van der Waals surface area contributed by atoms with Gasteiger partial charge in [0.1, 0.15) is 0 Å². The molecule has 1 aromatic carbocycles. The number of aromatic nitrogens is 1. The summed E-state index contributed by atoms with van der Waals surface area (Å²) in [6.45, 7) is 7.36. The Kier molecular flexibility index (Phi) is 5.10. The van der Waals surface area contributed by atoms with E-state index in [2.05, 4.69) is 67.4 Å². The highest BCUT2D eigenvalue weighted by molar-refractivity contribution is 5.83. The van der Waals surface area contributed by atoms with Crippen molar-refractivity contribution < 1.29 is 0 Å². The molecule has 0 saturated heterocycles. The summed E-state index contributed by atoms with van der Waals surface area (Å²) in [6, 6.07) is 8.41. The summed E-state index contributed by atoms with van der Waals surface area (Å²) in [7, 11) is 4.23. The van der Waals surface area contributed by atoms with Gasteiger partial charge in [0.25, 0.3) is 0 Å². The molecule has 0 aliphatic rings. The van der Waals surface area contributed by atoms with Crippen molar-refractivity contribution in [3.8, 4) is 0 Å². The normalized spacial score (nSPS) is 11.4. The Bertz CT molecular complexity index is 576. The predicted octanol–water partition coefficient (Wildman–Crippen LogP) is 2.89. The third kappa shape index (κ3) is 3.56. The summed E-state index contributed by atoms with van der Waals surface area (Å²) in [5, 5.41) is 4.84. The van der Waals surface area contributed by atoms with Gasteiger partial charge in [-0.3, -0.25) is 4.98 Å². The Hall–Kier alpha value is -1.45. The van der Waals surface area contributed by atoms with Crippen LogP contribution in [-0.2, 0) is 6.54 Å². The van der Waals surface area contributed by atoms with Crippen LogP contribution in [0.3, 0.4) is 0 Å². The highest BCUT2D eigenvalue weighted by Crippen LogP contribution is 2.22. The quantitative estimate of drug-likeness (QED) is 0.819. The van der Waals surface area contributed by atoms with Crippen molar-refractivity contribution in [2.75, 3.05) is 27.2 Å². The summed E-state index contributed by atoms with van der Waals surface area (Å²) in [6.07, 6.45) is 1.17. The SMILES string of the molecule is Cc1nc2ccccc2c(CNCCCN(C)C)c1C. The molecule has 108 valence electrons. The smallest absolute Gasteiger partial charge is 0.0708 e. The molecule has 1 heterocycles. The summed E-state index contributed by atoms with van der Waals surface area (Å²) in [4.78, 5) is 6.89. The van der Waals surface area contributed by atoms with Crippen molar-refractivity contribution in [2.45, 2.75) is 26.8 Å². The number of nitrogens with one attached hydrogen (secondary N) is 1. The average molecular weight is 271 g/mol. The van der Waals surface area contributed by atoms with E-state index in [1.807, 2.05) is 0 Å². The maximum atomic E-state index is 4.67. The first-order valence-corrected chi connectivity index (χ1v) is 7.30. The fourth-order valence-electron chi connectivity index (χ4n) is 2.47. The van der Waals surface area contributed by atoms with E-state index in [1.54, 1.807) is 0 Å². The molecule has 0 atom stereocenters. The van der Waals surface area contributed by atoms with Crippen molar-refractivity contribution in [1.82, 2.24) is 15.2 Å². The second-order valence-electron chi connectivity index (χ2n) is 5.65. The van der Waals surface area contributed by atoms with Crippen LogP contribution < -0.4 is 5.32 Å². The zero-order valence-corrected chi connectivity index (χ0v) is 13.0. The van der Waals surface area contributed by atoms with E-state index >= 15 is 0 Å². The van der Waals surface area contributed by atoms with Crippen LogP contribution in [0.1, 0.15) is 23.2 Å². The van der Waals surface area contributed by atoms with Crippen molar-refractivity contribution in [2.24, 2.45) is 0 Å². The van der Waals surface area contributed by atoms with Gasteiger partial charge in [0.05, 0.1) is 5.52 Å². The van der Waals surface area contributed by atoms with Crippen LogP contribution in [0, 0.1) is 13.8 Å². The summed E-state index contributed by atoms with van der Waals surface area (Å²) >= 11 is 0. The second-order valence-corrected chi connectivity index (χ2v) is 5.65. The first-order chi connectivity index (χ1) is 9.59. The van der Waals surface area contributed by atoms with Crippen LogP contribution in [0.4, 0.5) is 0 Å². The van der Waals surface area contributed by atoms with E-state index in [9.17, 15) is 0 Å². The third-order valence-electron chi connectivity index (χ3n) is 3.77. The lowest BCUT2D eigenvalue weighted by atomic mass is 10.0. The minimum atomic E-state index is 0.920. The molecule has 1 aromatic heterocycles. The molecule has 1 N–H and O–H groups in total. The molecule has 0 bridgehead atoms. The molecule has 0 aliphatic carbocycles. The second kappa shape index (κ2) is 6.82. The molecule has 0 amide bonds. The van der Waals surface area contributed by atoms with Gasteiger partial charge in [0, 0.05) is 17.6 Å². The summed E-state index contributed by atoms with van der Waals surface area (Å²) in [5.41, 5.74) is 4.93. The van der Waals surface area contributed by atoms with Crippen molar-refractivity contribution in [3.05, 3.63) is 41.1 Å². The van der Waals surface area contributed by atoms with Crippen molar-refractivity contribution >= 4 is 10.9 Å². The van der Waals surface area contributed by atoms with E-state index in [1.165, 1.54) is 22.9 Å². The zero-order valence-electron chi connectivity index (χ0n) is 13.0. The lowest BCUT2D eigenvalue weighted by molar-refractivity contribution is 0.394. The maximum absolute atomic E-state index is 4.67. The zero-order chi connectivity index (χ0) is 14.5. The topological polar surface area (TPSA) is 28.2 Å². The lowest BCUT2D eigenvalue weighted by Crippen LogP contribution is -2.21. The molecule has 3 nitrogen and oxygen atoms in total. The van der Waals surface area contributed by atoms with Gasteiger partial charge in [-0.25, -0.2) is 0 Å². The van der Waals surface area contributed by atoms with Crippen LogP contribution in [0.2, 0.25) is 0 Å². The maximum Gasteiger partial charge on any atom is 0.0708 e. The standard InChI is InChI=1S/C17H25N3/c1-13-14(2)19-17-9-6-5-8-15(17)16(13)12-18-10-7-11-20(3)4/h5-6,8-9,18H,7,10-12H2,1-4H3. The Labute approximate surface area is 122 Å². The molecule has 20 heavy (non-hydrogen) atoms. The number of pyridine rings is 1. The lowest BCUT2D eigenvalue weighted by Gasteiger charge is -2.14. The first kappa shape index (κ1) is 14.9. The van der Waals surface area contributed by atoms with E-state index in [0.29, 0.717) is 0 Å². The fraction of sp³-hybridized carbons (Fsp3) is 0.471. The molecule has 2 rings (SSSR count). The number of rotatable bonds is 6. The van der Waals surface area contributed by atoms with Crippen molar-refractivity contribution in [3.63, 3.8) is 0 Å². The van der Waals surface area contributed by atoms with E-state index in [-0.39, 0.29) is 0 Å². The summed E-state index contributed by atoms with van der Waals surface area (Å²) in [5.74, 6) is 0. The van der Waals surface area contributed by atoms with Crippen LogP contribution in [-0.4, -0.2) is 37.1 Å². The monoisotopic (exact) mass is 271 g/mol. The number of nitrogens with zero attached hydrogens (tertiary/aromatic N) is 2. The Balaban J connectivity index is 2.10. The number of hydrogen-bond donors (Lipinski definition) is 1. The van der Waals surface area contributed by atoms with Gasteiger partial charge in [-0.1, -0.05) is 18.2 Å². The van der Waals surface area contributed by atoms with Crippen LogP contribution in [0.25, 0.3) is 10.9 Å². The minimum Gasteiger partial charge on any atom is -0.313 e. The van der Waals surface area contributed by atoms with Crippen LogP contribution >= 0.6 is 0 Å². The number of hydrogen-bond acceptors (Lipinski definition) is 3. The van der Waals surface area contributed by atoms with Gasteiger partial charge < -0.3 is 10.2 Å². The largest absolute Gasteiger partial charge is 0.313 e. The Morgan fingerprint density at radius 3 is 2.65 bits per heavy atom. The molecule has 0 spiro atoms. The number of benzene rings is 1. The molecule has 0 unspecified atom stereocenters. The molecule has 0 saturated carbocycles. The van der Waals surface area contributed by atoms with Crippen molar-refractivity contribution in [1.29, 1.82) is 0 Å². The van der Waals surface area contributed by atoms with E-state index < -0.39 is 0 Å². The Morgan fingerprint density at radius 1 is 1.15 bits per heavy atom. The molecule has 0 radical (unpaired) electrons. The average Bonchev–Trinajstić information content (AvgIpc) is 2.42. The summed E-state index contributed by atoms with van der Waals surface area (Å²) < 4.78 is 0. The van der Waals surface area contributed by atoms with Gasteiger partial charge in [-0.05, 0) is 64.6 Å². The molecular formula is C17H25N3. The molecule has 2 aromatic rings. The highest BCUT2D eigenvalue weighted by atomic mass is 15.1. The molecule has 0 fully saturated rings. The van der Waals surface area contributed by atoms with Gasteiger partial charge in [0.15, 0.2) is 0 Å². The van der Waals surface area contributed by atoms with Gasteiger partial charge in [-0.2, -0.15) is 0 Å². The van der Waals surface area contributed by atoms with Gasteiger partial charge in [0.2, 0.25) is 0 Å². The van der Waals surface area contributed by atoms with Crippen LogP contribution in [0.15, 0.2) is 24.3 Å². The molecular weight excluding hydrogens is 246 g/mol. The van der Waals surface area contributed by atoms with Gasteiger partial charge in [-0.15, -0.1) is 0 Å². The number of fused-ring (bicyclic) bond motifs is 1. The van der Waals surface area contributed by atoms with E-state index in [0.717, 1.165) is 30.8 Å². The number of aryl methyl sites for hydroxylation is 1. The minimum absolute atomic E-state index is 0.920. The number of para-hydroxylation sites is 1. The highest BCUT2D eigenvalue weighted by Gasteiger charge is 2.08. The van der Waals surface area contributed by atoms with Gasteiger partial charge >= 0.3 is 0 Å². The molecule has 0 aliphatic heterocycles. The molecule has 3 heteroatoms. The van der Waals surface area contributed by atoms with Crippen LogP contribution in [0.5, 0.6) is 0 Å².